The van der Waals surface area contributed by atoms with Crippen LogP contribution >= 0.6 is 0 Å². The standard InChI is InChI=1S/C18H26N2O4/c1-3-10-24-16-8-4-14(5-9-16)11-19-17(21)12-20(15-6-7-15)13(2)18(22)23/h4-5,8-9,13,15H,3,6-7,10-12H2,1-2H3,(H,19,21)(H,22,23). The molecule has 1 aromatic carbocycles. The van der Waals surface area contributed by atoms with Crippen LogP contribution in [0.5, 0.6) is 5.75 Å². The van der Waals surface area contributed by atoms with Crippen LogP contribution in [0.1, 0.15) is 38.7 Å². The summed E-state index contributed by atoms with van der Waals surface area (Å²) in [5.74, 6) is -0.221. The molecule has 24 heavy (non-hydrogen) atoms. The van der Waals surface area contributed by atoms with E-state index >= 15 is 0 Å². The zero-order valence-corrected chi connectivity index (χ0v) is 14.3. The third-order valence-electron chi connectivity index (χ3n) is 4.08. The number of nitrogens with one attached hydrogen (secondary N) is 1. The van der Waals surface area contributed by atoms with E-state index in [4.69, 9.17) is 9.84 Å². The third kappa shape index (κ3) is 5.53. The van der Waals surface area contributed by atoms with Gasteiger partial charge in [-0.25, -0.2) is 0 Å². The van der Waals surface area contributed by atoms with E-state index in [1.807, 2.05) is 24.3 Å². The molecule has 1 fully saturated rings. The Hall–Kier alpha value is -2.08. The van der Waals surface area contributed by atoms with Gasteiger partial charge in [-0.15, -0.1) is 0 Å². The number of carbonyl (C=O) groups is 2. The van der Waals surface area contributed by atoms with Crippen molar-refractivity contribution in [3.63, 3.8) is 0 Å². The quantitative estimate of drug-likeness (QED) is 0.684. The lowest BCUT2D eigenvalue weighted by Gasteiger charge is -2.25. The van der Waals surface area contributed by atoms with Crippen LogP contribution in [-0.2, 0) is 16.1 Å². The number of ether oxygens (including phenoxy) is 1. The fraction of sp³-hybridized carbons (Fsp3) is 0.556. The fourth-order valence-electron chi connectivity index (χ4n) is 2.48. The predicted octanol–water partition coefficient (Wildman–Crippen LogP) is 2.03. The first kappa shape index (κ1) is 18.3. The van der Waals surface area contributed by atoms with Gasteiger partial charge in [0.15, 0.2) is 0 Å². The number of amides is 1. The minimum atomic E-state index is -0.891. The Morgan fingerprint density at radius 2 is 2.00 bits per heavy atom. The summed E-state index contributed by atoms with van der Waals surface area (Å²) in [5.41, 5.74) is 0.983. The largest absolute Gasteiger partial charge is 0.494 e. The number of rotatable bonds is 10. The molecule has 6 nitrogen and oxygen atoms in total. The summed E-state index contributed by atoms with van der Waals surface area (Å²) in [7, 11) is 0. The molecule has 0 aromatic heterocycles. The van der Waals surface area contributed by atoms with Crippen LogP contribution in [0, 0.1) is 0 Å². The molecule has 0 heterocycles. The van der Waals surface area contributed by atoms with Crippen molar-refractivity contribution in [2.24, 2.45) is 0 Å². The second-order valence-electron chi connectivity index (χ2n) is 6.19. The molecule has 0 spiro atoms. The summed E-state index contributed by atoms with van der Waals surface area (Å²) < 4.78 is 5.52. The number of hydrogen-bond donors (Lipinski definition) is 2. The van der Waals surface area contributed by atoms with E-state index < -0.39 is 12.0 Å². The van der Waals surface area contributed by atoms with Gasteiger partial charge in [0.2, 0.25) is 5.91 Å². The number of benzene rings is 1. The van der Waals surface area contributed by atoms with Crippen molar-refractivity contribution in [3.05, 3.63) is 29.8 Å². The summed E-state index contributed by atoms with van der Waals surface area (Å²) in [6, 6.07) is 7.20. The van der Waals surface area contributed by atoms with Gasteiger partial charge in [0.25, 0.3) is 0 Å². The normalized spacial score (nSPS) is 15.1. The van der Waals surface area contributed by atoms with Gasteiger partial charge in [-0.2, -0.15) is 0 Å². The highest BCUT2D eigenvalue weighted by Gasteiger charge is 2.36. The van der Waals surface area contributed by atoms with Crippen molar-refractivity contribution in [2.75, 3.05) is 13.2 Å². The van der Waals surface area contributed by atoms with Crippen molar-refractivity contribution in [1.82, 2.24) is 10.2 Å². The van der Waals surface area contributed by atoms with Crippen molar-refractivity contribution in [1.29, 1.82) is 0 Å². The average Bonchev–Trinajstić information content (AvgIpc) is 3.41. The van der Waals surface area contributed by atoms with Gasteiger partial charge in [-0.1, -0.05) is 19.1 Å². The second-order valence-corrected chi connectivity index (χ2v) is 6.19. The second kappa shape index (κ2) is 8.68. The molecule has 1 aliphatic rings. The van der Waals surface area contributed by atoms with E-state index in [9.17, 15) is 9.59 Å². The van der Waals surface area contributed by atoms with Gasteiger partial charge in [0.1, 0.15) is 11.8 Å². The number of carboxylic acid groups (broad SMARTS) is 1. The summed E-state index contributed by atoms with van der Waals surface area (Å²) in [4.78, 5) is 25.0. The summed E-state index contributed by atoms with van der Waals surface area (Å²) in [5, 5.41) is 12.0. The van der Waals surface area contributed by atoms with Gasteiger partial charge in [-0.05, 0) is 43.9 Å². The molecule has 1 atom stereocenters. The van der Waals surface area contributed by atoms with Gasteiger partial charge in [0.05, 0.1) is 13.2 Å². The first-order chi connectivity index (χ1) is 11.5. The van der Waals surface area contributed by atoms with E-state index in [-0.39, 0.29) is 18.5 Å². The van der Waals surface area contributed by atoms with Crippen LogP contribution in [0.2, 0.25) is 0 Å². The van der Waals surface area contributed by atoms with Gasteiger partial charge >= 0.3 is 5.97 Å². The van der Waals surface area contributed by atoms with Crippen LogP contribution < -0.4 is 10.1 Å². The highest BCUT2D eigenvalue weighted by Crippen LogP contribution is 2.28. The SMILES string of the molecule is CCCOc1ccc(CNC(=O)CN(C2CC2)C(C)C(=O)O)cc1. The van der Waals surface area contributed by atoms with Crippen molar-refractivity contribution in [3.8, 4) is 5.75 Å². The number of carboxylic acids is 1. The molecule has 1 amide bonds. The van der Waals surface area contributed by atoms with Crippen LogP contribution in [0.25, 0.3) is 0 Å². The Balaban J connectivity index is 1.80. The number of hydrogen-bond acceptors (Lipinski definition) is 4. The van der Waals surface area contributed by atoms with Gasteiger partial charge in [0, 0.05) is 12.6 Å². The lowest BCUT2D eigenvalue weighted by atomic mass is 10.2. The molecule has 0 radical (unpaired) electrons. The Bertz CT molecular complexity index is 555. The fourth-order valence-corrected chi connectivity index (χ4v) is 2.48. The Morgan fingerprint density at radius 3 is 2.54 bits per heavy atom. The number of aliphatic carboxylic acids is 1. The zero-order chi connectivity index (χ0) is 17.5. The molecule has 1 saturated carbocycles. The Labute approximate surface area is 142 Å². The smallest absolute Gasteiger partial charge is 0.320 e. The molecule has 2 N–H and O–H groups in total. The van der Waals surface area contributed by atoms with Gasteiger partial charge in [-0.3, -0.25) is 14.5 Å². The topological polar surface area (TPSA) is 78.9 Å². The maximum atomic E-state index is 12.1. The molecular formula is C18H26N2O4. The van der Waals surface area contributed by atoms with Crippen molar-refractivity contribution >= 4 is 11.9 Å². The van der Waals surface area contributed by atoms with E-state index in [1.54, 1.807) is 11.8 Å². The van der Waals surface area contributed by atoms with Crippen molar-refractivity contribution < 1.29 is 19.4 Å². The monoisotopic (exact) mass is 334 g/mol. The first-order valence-electron chi connectivity index (χ1n) is 8.48. The lowest BCUT2D eigenvalue weighted by Crippen LogP contribution is -2.46. The average molecular weight is 334 g/mol. The minimum absolute atomic E-state index is 0.121. The predicted molar refractivity (Wildman–Crippen MR) is 90.9 cm³/mol. The van der Waals surface area contributed by atoms with Crippen LogP contribution in [0.4, 0.5) is 0 Å². The highest BCUT2D eigenvalue weighted by molar-refractivity contribution is 5.80. The van der Waals surface area contributed by atoms with Gasteiger partial charge < -0.3 is 15.2 Å². The first-order valence-corrected chi connectivity index (χ1v) is 8.48. The summed E-state index contributed by atoms with van der Waals surface area (Å²) in [6.45, 7) is 4.92. The van der Waals surface area contributed by atoms with Crippen LogP contribution in [-0.4, -0.2) is 47.1 Å². The highest BCUT2D eigenvalue weighted by atomic mass is 16.5. The Kier molecular flexibility index (Phi) is 6.61. The Morgan fingerprint density at radius 1 is 1.33 bits per heavy atom. The summed E-state index contributed by atoms with van der Waals surface area (Å²) in [6.07, 6.45) is 2.89. The van der Waals surface area contributed by atoms with Crippen LogP contribution in [0.3, 0.4) is 0 Å². The number of nitrogens with zero attached hydrogens (tertiary/aromatic N) is 1. The molecule has 0 bridgehead atoms. The minimum Gasteiger partial charge on any atom is -0.494 e. The third-order valence-corrected chi connectivity index (χ3v) is 4.08. The van der Waals surface area contributed by atoms with E-state index in [2.05, 4.69) is 12.2 Å². The maximum Gasteiger partial charge on any atom is 0.320 e. The molecule has 1 aromatic rings. The number of carbonyl (C=O) groups excluding carboxylic acids is 1. The van der Waals surface area contributed by atoms with E-state index in [0.29, 0.717) is 13.2 Å². The van der Waals surface area contributed by atoms with Crippen molar-refractivity contribution in [2.45, 2.75) is 51.7 Å². The molecule has 6 heteroatoms. The molecule has 2 rings (SSSR count). The maximum absolute atomic E-state index is 12.1. The van der Waals surface area contributed by atoms with E-state index in [0.717, 1.165) is 30.6 Å². The molecule has 0 saturated heterocycles. The molecular weight excluding hydrogens is 308 g/mol. The van der Waals surface area contributed by atoms with E-state index in [1.165, 1.54) is 0 Å². The lowest BCUT2D eigenvalue weighted by molar-refractivity contribution is -0.143. The summed E-state index contributed by atoms with van der Waals surface area (Å²) >= 11 is 0. The molecule has 132 valence electrons. The molecule has 1 aliphatic carbocycles. The molecule has 0 aliphatic heterocycles. The molecule has 1 unspecified atom stereocenters. The van der Waals surface area contributed by atoms with Crippen LogP contribution in [0.15, 0.2) is 24.3 Å². The zero-order valence-electron chi connectivity index (χ0n) is 14.3.